The number of rotatable bonds is 4. The van der Waals surface area contributed by atoms with Gasteiger partial charge in [-0.05, 0) is 29.8 Å². The number of phenolic OH excluding ortho intramolecular Hbond substituents is 1. The van der Waals surface area contributed by atoms with Crippen molar-refractivity contribution >= 4 is 16.9 Å². The van der Waals surface area contributed by atoms with E-state index in [9.17, 15) is 9.90 Å². The monoisotopic (exact) mass is 282 g/mol. The van der Waals surface area contributed by atoms with Crippen LogP contribution in [0.4, 0.5) is 0 Å². The number of carbonyl (C=O) groups is 1. The van der Waals surface area contributed by atoms with E-state index in [1.54, 1.807) is 18.2 Å². The lowest BCUT2D eigenvalue weighted by molar-refractivity contribution is -0.120. The van der Waals surface area contributed by atoms with E-state index in [0.29, 0.717) is 17.8 Å². The maximum Gasteiger partial charge on any atom is 0.226 e. The number of aromatic hydroxyl groups is 1. The number of fused-ring (bicyclic) bond motifs is 1. The van der Waals surface area contributed by atoms with Crippen LogP contribution in [-0.4, -0.2) is 16.2 Å². The first-order valence-corrected chi connectivity index (χ1v) is 6.60. The molecule has 2 aromatic carbocycles. The predicted molar refractivity (Wildman–Crippen MR) is 77.7 cm³/mol. The molecular weight excluding hydrogens is 268 g/mol. The molecule has 3 rings (SSSR count). The molecule has 1 heterocycles. The molecular formula is C16H14N2O3. The SMILES string of the molecule is O=C(Cc1noc2ccccc12)NCc1cccc(O)c1. The van der Waals surface area contributed by atoms with Crippen LogP contribution in [-0.2, 0) is 17.8 Å². The second kappa shape index (κ2) is 5.66. The number of phenols is 1. The first-order chi connectivity index (χ1) is 10.2. The molecule has 3 aromatic rings. The summed E-state index contributed by atoms with van der Waals surface area (Å²) in [5.74, 6) is 0.0432. The van der Waals surface area contributed by atoms with E-state index in [4.69, 9.17) is 4.52 Å². The van der Waals surface area contributed by atoms with E-state index in [1.165, 1.54) is 0 Å². The summed E-state index contributed by atoms with van der Waals surface area (Å²) in [6.45, 7) is 0.364. The van der Waals surface area contributed by atoms with Gasteiger partial charge in [-0.1, -0.05) is 29.4 Å². The fourth-order valence-electron chi connectivity index (χ4n) is 2.15. The van der Waals surface area contributed by atoms with E-state index in [-0.39, 0.29) is 18.1 Å². The van der Waals surface area contributed by atoms with Gasteiger partial charge in [-0.25, -0.2) is 0 Å². The summed E-state index contributed by atoms with van der Waals surface area (Å²) in [5, 5.41) is 16.9. The molecule has 0 saturated heterocycles. The first-order valence-electron chi connectivity index (χ1n) is 6.60. The zero-order valence-corrected chi connectivity index (χ0v) is 11.2. The summed E-state index contributed by atoms with van der Waals surface area (Å²) in [6, 6.07) is 14.2. The summed E-state index contributed by atoms with van der Waals surface area (Å²) in [7, 11) is 0. The van der Waals surface area contributed by atoms with Gasteiger partial charge in [0.1, 0.15) is 11.4 Å². The third kappa shape index (κ3) is 3.02. The Balaban J connectivity index is 1.64. The highest BCUT2D eigenvalue weighted by Gasteiger charge is 2.11. The number of nitrogens with one attached hydrogen (secondary N) is 1. The Bertz CT molecular complexity index is 780. The minimum absolute atomic E-state index is 0.141. The molecule has 0 unspecified atom stereocenters. The number of nitrogens with zero attached hydrogens (tertiary/aromatic N) is 1. The molecule has 0 aliphatic heterocycles. The van der Waals surface area contributed by atoms with E-state index < -0.39 is 0 Å². The van der Waals surface area contributed by atoms with Gasteiger partial charge in [-0.2, -0.15) is 0 Å². The largest absolute Gasteiger partial charge is 0.508 e. The van der Waals surface area contributed by atoms with Gasteiger partial charge in [0.15, 0.2) is 5.58 Å². The predicted octanol–water partition coefficient (Wildman–Crippen LogP) is 2.39. The van der Waals surface area contributed by atoms with E-state index >= 15 is 0 Å². The molecule has 0 aliphatic carbocycles. The number of hydrogen-bond acceptors (Lipinski definition) is 4. The standard InChI is InChI=1S/C16H14N2O3/c19-12-5-3-4-11(8-12)10-17-16(20)9-14-13-6-1-2-7-15(13)21-18-14/h1-8,19H,9-10H2,(H,17,20). The van der Waals surface area contributed by atoms with Gasteiger partial charge in [-0.3, -0.25) is 4.79 Å². The molecule has 0 aliphatic rings. The molecule has 5 heteroatoms. The highest BCUT2D eigenvalue weighted by molar-refractivity contribution is 5.86. The molecule has 2 N–H and O–H groups in total. The van der Waals surface area contributed by atoms with Gasteiger partial charge in [-0.15, -0.1) is 0 Å². The van der Waals surface area contributed by atoms with E-state index in [0.717, 1.165) is 10.9 Å². The van der Waals surface area contributed by atoms with E-state index in [2.05, 4.69) is 10.5 Å². The Morgan fingerprint density at radius 1 is 1.19 bits per heavy atom. The maximum atomic E-state index is 12.0. The van der Waals surface area contributed by atoms with Crippen molar-refractivity contribution in [3.8, 4) is 5.75 Å². The number of hydrogen-bond donors (Lipinski definition) is 2. The molecule has 1 amide bonds. The average molecular weight is 282 g/mol. The fourth-order valence-corrected chi connectivity index (χ4v) is 2.15. The van der Waals surface area contributed by atoms with Crippen molar-refractivity contribution < 1.29 is 14.4 Å². The van der Waals surface area contributed by atoms with Crippen molar-refractivity contribution in [1.82, 2.24) is 10.5 Å². The molecule has 0 fully saturated rings. The third-order valence-electron chi connectivity index (χ3n) is 3.18. The number of aromatic nitrogens is 1. The van der Waals surface area contributed by atoms with Gasteiger partial charge < -0.3 is 14.9 Å². The Morgan fingerprint density at radius 3 is 2.90 bits per heavy atom. The molecule has 1 aromatic heterocycles. The van der Waals surface area contributed by atoms with Crippen LogP contribution < -0.4 is 5.32 Å². The second-order valence-corrected chi connectivity index (χ2v) is 4.75. The Morgan fingerprint density at radius 2 is 2.05 bits per heavy atom. The number of carbonyl (C=O) groups excluding carboxylic acids is 1. The van der Waals surface area contributed by atoms with Crippen LogP contribution in [0.15, 0.2) is 53.1 Å². The van der Waals surface area contributed by atoms with Crippen LogP contribution in [0, 0.1) is 0 Å². The maximum absolute atomic E-state index is 12.0. The first kappa shape index (κ1) is 13.2. The molecule has 0 radical (unpaired) electrons. The lowest BCUT2D eigenvalue weighted by Crippen LogP contribution is -2.24. The Labute approximate surface area is 121 Å². The molecule has 106 valence electrons. The minimum atomic E-state index is -0.141. The molecule has 0 atom stereocenters. The summed E-state index contributed by atoms with van der Waals surface area (Å²) < 4.78 is 5.17. The molecule has 5 nitrogen and oxygen atoms in total. The zero-order chi connectivity index (χ0) is 14.7. The summed E-state index contributed by atoms with van der Waals surface area (Å²) >= 11 is 0. The third-order valence-corrected chi connectivity index (χ3v) is 3.18. The zero-order valence-electron chi connectivity index (χ0n) is 11.2. The minimum Gasteiger partial charge on any atom is -0.508 e. The van der Waals surface area contributed by atoms with Gasteiger partial charge in [0.05, 0.1) is 6.42 Å². The van der Waals surface area contributed by atoms with Crippen molar-refractivity contribution in [3.05, 3.63) is 59.8 Å². The number of para-hydroxylation sites is 1. The van der Waals surface area contributed by atoms with Gasteiger partial charge in [0, 0.05) is 11.9 Å². The van der Waals surface area contributed by atoms with Crippen molar-refractivity contribution in [1.29, 1.82) is 0 Å². The van der Waals surface area contributed by atoms with Crippen LogP contribution in [0.25, 0.3) is 11.0 Å². The summed E-state index contributed by atoms with van der Waals surface area (Å²) in [5.41, 5.74) is 2.14. The lowest BCUT2D eigenvalue weighted by atomic mass is 10.1. The highest BCUT2D eigenvalue weighted by atomic mass is 16.5. The van der Waals surface area contributed by atoms with Crippen molar-refractivity contribution in [2.24, 2.45) is 0 Å². The second-order valence-electron chi connectivity index (χ2n) is 4.75. The van der Waals surface area contributed by atoms with Gasteiger partial charge >= 0.3 is 0 Å². The van der Waals surface area contributed by atoms with E-state index in [1.807, 2.05) is 30.3 Å². The molecule has 0 saturated carbocycles. The van der Waals surface area contributed by atoms with Gasteiger partial charge in [0.2, 0.25) is 5.91 Å². The summed E-state index contributed by atoms with van der Waals surface area (Å²) in [6.07, 6.45) is 0.163. The highest BCUT2D eigenvalue weighted by Crippen LogP contribution is 2.18. The van der Waals surface area contributed by atoms with Crippen LogP contribution >= 0.6 is 0 Å². The number of benzene rings is 2. The van der Waals surface area contributed by atoms with Crippen molar-refractivity contribution in [2.45, 2.75) is 13.0 Å². The number of amides is 1. The van der Waals surface area contributed by atoms with Crippen LogP contribution in [0.3, 0.4) is 0 Å². The normalized spacial score (nSPS) is 10.7. The quantitative estimate of drug-likeness (QED) is 0.770. The lowest BCUT2D eigenvalue weighted by Gasteiger charge is -2.04. The fraction of sp³-hybridized carbons (Fsp3) is 0.125. The topological polar surface area (TPSA) is 75.4 Å². The Hall–Kier alpha value is -2.82. The average Bonchev–Trinajstić information content (AvgIpc) is 2.89. The van der Waals surface area contributed by atoms with Gasteiger partial charge in [0.25, 0.3) is 0 Å². The van der Waals surface area contributed by atoms with Crippen LogP contribution in [0.5, 0.6) is 5.75 Å². The molecule has 0 bridgehead atoms. The van der Waals surface area contributed by atoms with Crippen LogP contribution in [0.2, 0.25) is 0 Å². The summed E-state index contributed by atoms with van der Waals surface area (Å²) in [4.78, 5) is 12.0. The molecule has 21 heavy (non-hydrogen) atoms. The Kier molecular flexibility index (Phi) is 3.55. The molecule has 0 spiro atoms. The van der Waals surface area contributed by atoms with Crippen LogP contribution in [0.1, 0.15) is 11.3 Å². The van der Waals surface area contributed by atoms with Crippen molar-refractivity contribution in [3.63, 3.8) is 0 Å². The van der Waals surface area contributed by atoms with Crippen molar-refractivity contribution in [2.75, 3.05) is 0 Å². The smallest absolute Gasteiger partial charge is 0.226 e.